The van der Waals surface area contributed by atoms with E-state index in [4.69, 9.17) is 9.47 Å². The molecule has 0 aromatic carbocycles. The van der Waals surface area contributed by atoms with E-state index in [1.54, 1.807) is 0 Å². The van der Waals surface area contributed by atoms with Crippen molar-refractivity contribution in [1.82, 2.24) is 0 Å². The Hall–Kier alpha value is -0.340. The fraction of sp³-hybridized carbons (Fsp3) is 0.867. The molecule has 2 nitrogen and oxygen atoms in total. The summed E-state index contributed by atoms with van der Waals surface area (Å²) in [6.45, 7) is 2.68. The monoisotopic (exact) mass is 236 g/mol. The van der Waals surface area contributed by atoms with Gasteiger partial charge in [0.25, 0.3) is 0 Å². The molecule has 0 amide bonds. The van der Waals surface area contributed by atoms with Gasteiger partial charge in [0.2, 0.25) is 0 Å². The second-order valence-corrected chi connectivity index (χ2v) is 5.89. The largest absolute Gasteiger partial charge is 0.379 e. The average molecular weight is 236 g/mol. The maximum absolute atomic E-state index is 5.71. The van der Waals surface area contributed by atoms with Gasteiger partial charge in [-0.2, -0.15) is 0 Å². The van der Waals surface area contributed by atoms with Crippen LogP contribution >= 0.6 is 0 Å². The zero-order chi connectivity index (χ0) is 11.5. The van der Waals surface area contributed by atoms with Gasteiger partial charge < -0.3 is 9.47 Å². The fourth-order valence-electron chi connectivity index (χ4n) is 3.66. The first kappa shape index (κ1) is 11.7. The van der Waals surface area contributed by atoms with Crippen molar-refractivity contribution in [2.24, 2.45) is 17.8 Å². The number of hydrogen-bond acceptors (Lipinski definition) is 2. The molecule has 4 unspecified atom stereocenters. The summed E-state index contributed by atoms with van der Waals surface area (Å²) in [4.78, 5) is 0. The highest BCUT2D eigenvalue weighted by atomic mass is 16.5. The second kappa shape index (κ2) is 5.53. The molecule has 17 heavy (non-hydrogen) atoms. The van der Waals surface area contributed by atoms with E-state index in [0.717, 1.165) is 37.6 Å². The van der Waals surface area contributed by atoms with Crippen LogP contribution in [0.2, 0.25) is 0 Å². The summed E-state index contributed by atoms with van der Waals surface area (Å²) in [7, 11) is 0. The van der Waals surface area contributed by atoms with Gasteiger partial charge in [-0.3, -0.25) is 0 Å². The summed E-state index contributed by atoms with van der Waals surface area (Å²) in [6, 6.07) is 0. The zero-order valence-electron chi connectivity index (χ0n) is 10.6. The van der Waals surface area contributed by atoms with Crippen LogP contribution in [0.5, 0.6) is 0 Å². The van der Waals surface area contributed by atoms with Gasteiger partial charge in [0.05, 0.1) is 12.7 Å². The highest BCUT2D eigenvalue weighted by molar-refractivity contribution is 5.09. The zero-order valence-corrected chi connectivity index (χ0v) is 10.6. The van der Waals surface area contributed by atoms with Crippen LogP contribution < -0.4 is 0 Å². The van der Waals surface area contributed by atoms with Crippen LogP contribution in [-0.2, 0) is 9.47 Å². The van der Waals surface area contributed by atoms with Crippen molar-refractivity contribution in [3.8, 4) is 0 Å². The number of hydrogen-bond donors (Lipinski definition) is 0. The Morgan fingerprint density at radius 2 is 2.24 bits per heavy atom. The highest BCUT2D eigenvalue weighted by Crippen LogP contribution is 2.45. The van der Waals surface area contributed by atoms with Crippen molar-refractivity contribution in [2.75, 3.05) is 19.8 Å². The predicted molar refractivity (Wildman–Crippen MR) is 67.9 cm³/mol. The van der Waals surface area contributed by atoms with E-state index in [1.807, 2.05) is 0 Å². The normalized spacial score (nSPS) is 39.3. The summed E-state index contributed by atoms with van der Waals surface area (Å²) in [5.41, 5.74) is 0. The third-order valence-corrected chi connectivity index (χ3v) is 4.61. The van der Waals surface area contributed by atoms with E-state index in [0.29, 0.717) is 6.10 Å². The molecule has 1 saturated heterocycles. The molecule has 3 rings (SSSR count). The standard InChI is InChI=1S/C15H24O2/c1(7-16-11-15-4-2-8-17-15)3-13-9-12-5-6-14(13)10-12/h5-6,12-15H,1-4,7-11H2. The maximum atomic E-state index is 5.71. The first-order valence-corrected chi connectivity index (χ1v) is 7.29. The van der Waals surface area contributed by atoms with Crippen LogP contribution in [-0.4, -0.2) is 25.9 Å². The van der Waals surface area contributed by atoms with Crippen LogP contribution in [0, 0.1) is 17.8 Å². The SMILES string of the molecule is C1=CC2CC1CC2CCCOCC1CCCO1. The summed E-state index contributed by atoms with van der Waals surface area (Å²) >= 11 is 0. The molecular formula is C15H24O2. The van der Waals surface area contributed by atoms with Gasteiger partial charge >= 0.3 is 0 Å². The number of ether oxygens (including phenoxy) is 2. The lowest BCUT2D eigenvalue weighted by molar-refractivity contribution is 0.0152. The van der Waals surface area contributed by atoms with E-state index in [2.05, 4.69) is 12.2 Å². The molecule has 96 valence electrons. The Bertz CT molecular complexity index is 268. The van der Waals surface area contributed by atoms with E-state index < -0.39 is 0 Å². The van der Waals surface area contributed by atoms with Gasteiger partial charge in [0.1, 0.15) is 0 Å². The van der Waals surface area contributed by atoms with Crippen LogP contribution in [0.15, 0.2) is 12.2 Å². The van der Waals surface area contributed by atoms with Gasteiger partial charge in [-0.15, -0.1) is 0 Å². The molecule has 2 aliphatic carbocycles. The number of fused-ring (bicyclic) bond motifs is 2. The smallest absolute Gasteiger partial charge is 0.0809 e. The average Bonchev–Trinajstić information content (AvgIpc) is 3.05. The molecule has 0 radical (unpaired) electrons. The lowest BCUT2D eigenvalue weighted by atomic mass is 9.89. The number of allylic oxidation sites excluding steroid dienone is 2. The molecule has 1 saturated carbocycles. The van der Waals surface area contributed by atoms with Gasteiger partial charge in [-0.05, 0) is 56.3 Å². The molecule has 2 bridgehead atoms. The van der Waals surface area contributed by atoms with E-state index in [1.165, 1.54) is 38.5 Å². The Morgan fingerprint density at radius 3 is 2.94 bits per heavy atom. The molecule has 1 heterocycles. The molecule has 2 fully saturated rings. The van der Waals surface area contributed by atoms with Gasteiger partial charge in [0, 0.05) is 13.2 Å². The Labute approximate surface area is 104 Å². The minimum Gasteiger partial charge on any atom is -0.379 e. The molecule has 0 spiro atoms. The lowest BCUT2D eigenvalue weighted by Crippen LogP contribution is -2.15. The van der Waals surface area contributed by atoms with Gasteiger partial charge in [0.15, 0.2) is 0 Å². The fourth-order valence-corrected chi connectivity index (χ4v) is 3.66. The molecule has 2 heteroatoms. The molecule has 0 N–H and O–H groups in total. The van der Waals surface area contributed by atoms with Crippen molar-refractivity contribution in [3.63, 3.8) is 0 Å². The summed E-state index contributed by atoms with van der Waals surface area (Å²) in [6.07, 6.45) is 13.1. The van der Waals surface area contributed by atoms with Crippen LogP contribution in [0.1, 0.15) is 38.5 Å². The summed E-state index contributed by atoms with van der Waals surface area (Å²) in [5.74, 6) is 2.77. The quantitative estimate of drug-likeness (QED) is 0.521. The van der Waals surface area contributed by atoms with E-state index in [-0.39, 0.29) is 0 Å². The van der Waals surface area contributed by atoms with Crippen molar-refractivity contribution in [3.05, 3.63) is 12.2 Å². The molecular weight excluding hydrogens is 212 g/mol. The first-order chi connectivity index (χ1) is 8.42. The Kier molecular flexibility index (Phi) is 3.82. The molecule has 4 atom stereocenters. The van der Waals surface area contributed by atoms with Crippen LogP contribution in [0.4, 0.5) is 0 Å². The maximum Gasteiger partial charge on any atom is 0.0809 e. The molecule has 3 aliphatic rings. The van der Waals surface area contributed by atoms with Crippen molar-refractivity contribution < 1.29 is 9.47 Å². The summed E-state index contributed by atoms with van der Waals surface area (Å²) in [5, 5.41) is 0. The predicted octanol–water partition coefficient (Wildman–Crippen LogP) is 3.17. The number of rotatable bonds is 6. The lowest BCUT2D eigenvalue weighted by Gasteiger charge is -2.18. The van der Waals surface area contributed by atoms with E-state index in [9.17, 15) is 0 Å². The third-order valence-electron chi connectivity index (χ3n) is 4.61. The molecule has 0 aromatic rings. The van der Waals surface area contributed by atoms with Crippen molar-refractivity contribution >= 4 is 0 Å². The van der Waals surface area contributed by atoms with Gasteiger partial charge in [-0.1, -0.05) is 12.2 Å². The second-order valence-electron chi connectivity index (χ2n) is 5.89. The van der Waals surface area contributed by atoms with Crippen molar-refractivity contribution in [1.29, 1.82) is 0 Å². The van der Waals surface area contributed by atoms with Gasteiger partial charge in [-0.25, -0.2) is 0 Å². The Morgan fingerprint density at radius 1 is 1.24 bits per heavy atom. The molecule has 0 aromatic heterocycles. The Balaban J connectivity index is 1.25. The minimum absolute atomic E-state index is 0.389. The summed E-state index contributed by atoms with van der Waals surface area (Å²) < 4.78 is 11.3. The van der Waals surface area contributed by atoms with Crippen LogP contribution in [0.3, 0.4) is 0 Å². The first-order valence-electron chi connectivity index (χ1n) is 7.29. The van der Waals surface area contributed by atoms with E-state index >= 15 is 0 Å². The minimum atomic E-state index is 0.389. The third kappa shape index (κ3) is 2.92. The highest BCUT2D eigenvalue weighted by Gasteiger charge is 2.34. The topological polar surface area (TPSA) is 18.5 Å². The van der Waals surface area contributed by atoms with Crippen LogP contribution in [0.25, 0.3) is 0 Å². The molecule has 1 aliphatic heterocycles. The van der Waals surface area contributed by atoms with Crippen molar-refractivity contribution in [2.45, 2.75) is 44.6 Å².